The van der Waals surface area contributed by atoms with E-state index in [2.05, 4.69) is 5.38 Å². The highest BCUT2D eigenvalue weighted by atomic mass is 35.5. The molecule has 0 aliphatic carbocycles. The van der Waals surface area contributed by atoms with Crippen LogP contribution in [0, 0.1) is 0 Å². The number of ether oxygens (including phenoxy) is 1. The van der Waals surface area contributed by atoms with Crippen LogP contribution in [0.3, 0.4) is 0 Å². The molecule has 2 aromatic rings. The highest BCUT2D eigenvalue weighted by molar-refractivity contribution is 7.07. The van der Waals surface area contributed by atoms with Gasteiger partial charge in [-0.3, -0.25) is 0 Å². The summed E-state index contributed by atoms with van der Waals surface area (Å²) in [7, 11) is 0. The zero-order valence-corrected chi connectivity index (χ0v) is 10.9. The number of thiophene rings is 1. The minimum Gasteiger partial charge on any atom is -0.487 e. The molecule has 1 aromatic heterocycles. The molecule has 0 aliphatic heterocycles. The lowest BCUT2D eigenvalue weighted by molar-refractivity contribution is 0.303. The Morgan fingerprint density at radius 1 is 1.29 bits per heavy atom. The number of rotatable bonds is 5. The lowest BCUT2D eigenvalue weighted by Gasteiger charge is -2.12. The summed E-state index contributed by atoms with van der Waals surface area (Å²) in [5, 5.41) is 4.75. The molecule has 2 rings (SSSR count). The molecule has 0 saturated heterocycles. The molecule has 0 unspecified atom stereocenters. The number of para-hydroxylation sites is 1. The SMILES string of the molecule is NCCc1cccc(Cl)c1OCc1ccsc1. The van der Waals surface area contributed by atoms with E-state index < -0.39 is 0 Å². The molecule has 0 aliphatic rings. The molecule has 0 saturated carbocycles. The van der Waals surface area contributed by atoms with Crippen LogP contribution in [-0.2, 0) is 13.0 Å². The summed E-state index contributed by atoms with van der Waals surface area (Å²) < 4.78 is 5.78. The molecule has 90 valence electrons. The molecule has 0 amide bonds. The van der Waals surface area contributed by atoms with Gasteiger partial charge in [-0.2, -0.15) is 11.3 Å². The molecular formula is C13H14ClNOS. The molecule has 2 N–H and O–H groups in total. The maximum absolute atomic E-state index is 6.14. The molecule has 0 radical (unpaired) electrons. The zero-order valence-electron chi connectivity index (χ0n) is 9.36. The van der Waals surface area contributed by atoms with E-state index in [-0.39, 0.29) is 0 Å². The number of nitrogens with two attached hydrogens (primary N) is 1. The number of hydrogen-bond donors (Lipinski definition) is 1. The lowest BCUT2D eigenvalue weighted by Crippen LogP contribution is -2.05. The van der Waals surface area contributed by atoms with Crippen LogP contribution in [0.15, 0.2) is 35.0 Å². The maximum Gasteiger partial charge on any atom is 0.141 e. The van der Waals surface area contributed by atoms with Gasteiger partial charge in [0.1, 0.15) is 12.4 Å². The van der Waals surface area contributed by atoms with Crippen molar-refractivity contribution in [3.8, 4) is 5.75 Å². The summed E-state index contributed by atoms with van der Waals surface area (Å²) in [4.78, 5) is 0. The van der Waals surface area contributed by atoms with Gasteiger partial charge in [-0.05, 0) is 47.0 Å². The van der Waals surface area contributed by atoms with Crippen LogP contribution in [0.2, 0.25) is 5.02 Å². The van der Waals surface area contributed by atoms with Crippen LogP contribution in [-0.4, -0.2) is 6.54 Å². The monoisotopic (exact) mass is 267 g/mol. The van der Waals surface area contributed by atoms with E-state index in [1.54, 1.807) is 11.3 Å². The third-order valence-corrected chi connectivity index (χ3v) is 3.46. The molecule has 17 heavy (non-hydrogen) atoms. The van der Waals surface area contributed by atoms with E-state index in [0.29, 0.717) is 18.2 Å². The first-order valence-corrected chi connectivity index (χ1v) is 6.74. The molecule has 0 atom stereocenters. The number of halogens is 1. The van der Waals surface area contributed by atoms with Gasteiger partial charge in [-0.25, -0.2) is 0 Å². The Hall–Kier alpha value is -1.03. The Kier molecular flexibility index (Phi) is 4.42. The molecule has 4 heteroatoms. The Morgan fingerprint density at radius 2 is 2.18 bits per heavy atom. The van der Waals surface area contributed by atoms with Gasteiger partial charge in [0.2, 0.25) is 0 Å². The van der Waals surface area contributed by atoms with E-state index in [1.807, 2.05) is 29.6 Å². The van der Waals surface area contributed by atoms with Crippen LogP contribution < -0.4 is 10.5 Å². The van der Waals surface area contributed by atoms with Crippen molar-refractivity contribution < 1.29 is 4.74 Å². The normalized spacial score (nSPS) is 10.5. The summed E-state index contributed by atoms with van der Waals surface area (Å²) in [6.45, 7) is 1.14. The predicted molar refractivity (Wildman–Crippen MR) is 72.9 cm³/mol. The van der Waals surface area contributed by atoms with Crippen LogP contribution in [0.1, 0.15) is 11.1 Å². The van der Waals surface area contributed by atoms with Crippen molar-refractivity contribution in [3.63, 3.8) is 0 Å². The highest BCUT2D eigenvalue weighted by Crippen LogP contribution is 2.29. The fourth-order valence-corrected chi connectivity index (χ4v) is 2.50. The van der Waals surface area contributed by atoms with E-state index in [1.165, 1.54) is 0 Å². The van der Waals surface area contributed by atoms with Gasteiger partial charge < -0.3 is 10.5 Å². The van der Waals surface area contributed by atoms with Crippen LogP contribution >= 0.6 is 22.9 Å². The first kappa shape index (κ1) is 12.4. The van der Waals surface area contributed by atoms with E-state index in [0.717, 1.165) is 23.3 Å². The minimum absolute atomic E-state index is 0.546. The third kappa shape index (κ3) is 3.22. The molecule has 0 spiro atoms. The molecule has 1 heterocycles. The molecular weight excluding hydrogens is 254 g/mol. The van der Waals surface area contributed by atoms with Crippen molar-refractivity contribution in [2.45, 2.75) is 13.0 Å². The van der Waals surface area contributed by atoms with E-state index in [9.17, 15) is 0 Å². The van der Waals surface area contributed by atoms with Crippen LogP contribution in [0.25, 0.3) is 0 Å². The van der Waals surface area contributed by atoms with Crippen molar-refractivity contribution >= 4 is 22.9 Å². The summed E-state index contributed by atoms with van der Waals surface area (Å²) in [5.41, 5.74) is 7.80. The summed E-state index contributed by atoms with van der Waals surface area (Å²) >= 11 is 7.80. The molecule has 2 nitrogen and oxygen atoms in total. The first-order valence-electron chi connectivity index (χ1n) is 5.42. The van der Waals surface area contributed by atoms with Crippen molar-refractivity contribution in [2.24, 2.45) is 5.73 Å². The quantitative estimate of drug-likeness (QED) is 0.900. The highest BCUT2D eigenvalue weighted by Gasteiger charge is 2.08. The van der Waals surface area contributed by atoms with E-state index >= 15 is 0 Å². The smallest absolute Gasteiger partial charge is 0.141 e. The average molecular weight is 268 g/mol. The topological polar surface area (TPSA) is 35.2 Å². The van der Waals surface area contributed by atoms with Crippen molar-refractivity contribution in [1.29, 1.82) is 0 Å². The van der Waals surface area contributed by atoms with Gasteiger partial charge in [-0.15, -0.1) is 0 Å². The van der Waals surface area contributed by atoms with Crippen molar-refractivity contribution in [3.05, 3.63) is 51.2 Å². The van der Waals surface area contributed by atoms with Crippen LogP contribution in [0.5, 0.6) is 5.75 Å². The van der Waals surface area contributed by atoms with Gasteiger partial charge in [-0.1, -0.05) is 23.7 Å². The summed E-state index contributed by atoms with van der Waals surface area (Å²) in [6.07, 6.45) is 0.777. The van der Waals surface area contributed by atoms with Gasteiger partial charge in [0.05, 0.1) is 5.02 Å². The van der Waals surface area contributed by atoms with Gasteiger partial charge in [0.15, 0.2) is 0 Å². The second-order valence-corrected chi connectivity index (χ2v) is 4.87. The standard InChI is InChI=1S/C13H14ClNOS/c14-12-3-1-2-11(4-6-15)13(12)16-8-10-5-7-17-9-10/h1-3,5,7,9H,4,6,8,15H2. The average Bonchev–Trinajstić information content (AvgIpc) is 2.82. The van der Waals surface area contributed by atoms with Gasteiger partial charge in [0.25, 0.3) is 0 Å². The van der Waals surface area contributed by atoms with E-state index in [4.69, 9.17) is 22.1 Å². The fourth-order valence-electron chi connectivity index (χ4n) is 1.60. The Labute approximate surface area is 110 Å². The summed E-state index contributed by atoms with van der Waals surface area (Å²) in [6, 6.07) is 7.81. The third-order valence-electron chi connectivity index (χ3n) is 2.43. The zero-order chi connectivity index (χ0) is 12.1. The minimum atomic E-state index is 0.546. The molecule has 1 aromatic carbocycles. The van der Waals surface area contributed by atoms with Crippen molar-refractivity contribution in [2.75, 3.05) is 6.54 Å². The van der Waals surface area contributed by atoms with Crippen molar-refractivity contribution in [1.82, 2.24) is 0 Å². The molecule has 0 fully saturated rings. The molecule has 0 bridgehead atoms. The number of hydrogen-bond acceptors (Lipinski definition) is 3. The second kappa shape index (κ2) is 6.05. The second-order valence-electron chi connectivity index (χ2n) is 3.69. The Balaban J connectivity index is 2.13. The Morgan fingerprint density at radius 3 is 2.88 bits per heavy atom. The first-order chi connectivity index (χ1) is 8.31. The fraction of sp³-hybridized carbons (Fsp3) is 0.231. The lowest BCUT2D eigenvalue weighted by atomic mass is 10.1. The van der Waals surface area contributed by atoms with Crippen LogP contribution in [0.4, 0.5) is 0 Å². The summed E-state index contributed by atoms with van der Waals surface area (Å²) in [5.74, 6) is 0.755. The van der Waals surface area contributed by atoms with Gasteiger partial charge in [0, 0.05) is 0 Å². The maximum atomic E-state index is 6.14. The van der Waals surface area contributed by atoms with Gasteiger partial charge >= 0.3 is 0 Å². The predicted octanol–water partition coefficient (Wildman–Crippen LogP) is 3.48. The Bertz CT molecular complexity index is 470. The number of benzene rings is 1. The largest absolute Gasteiger partial charge is 0.487 e.